The van der Waals surface area contributed by atoms with E-state index >= 15 is 0 Å². The molecule has 0 radical (unpaired) electrons. The number of fused-ring (bicyclic) bond motifs is 1. The Morgan fingerprint density at radius 3 is 2.50 bits per heavy atom. The highest BCUT2D eigenvalue weighted by Gasteiger charge is 2.28. The number of rotatable bonds is 3. The smallest absolute Gasteiger partial charge is 0.410 e. The molecule has 3 aromatic rings. The summed E-state index contributed by atoms with van der Waals surface area (Å²) in [6.45, 7) is 7.04. The van der Waals surface area contributed by atoms with Gasteiger partial charge in [-0.2, -0.15) is 5.10 Å². The summed E-state index contributed by atoms with van der Waals surface area (Å²) >= 11 is 0. The molecule has 2 heterocycles. The molecule has 2 N–H and O–H groups in total. The standard InChI is InChI=1S/C24H28N4O3.ClH/c1-24(2,3)31-23(30)27-13-5-7-17(14-27)16-9-11-19(12-10-16)28-15-18-6-4-8-20(22(25)29)21(18)26-28;/h4,6,8-12,15,17H,5,7,13-14H2,1-3H3,(H2,25,29);1H/t17-;/m1./s1. The largest absolute Gasteiger partial charge is 0.444 e. The fourth-order valence-electron chi connectivity index (χ4n) is 4.02. The van der Waals surface area contributed by atoms with E-state index in [1.807, 2.05) is 45.2 Å². The molecule has 1 atom stereocenters. The van der Waals surface area contributed by atoms with Crippen molar-refractivity contribution in [1.82, 2.24) is 14.7 Å². The van der Waals surface area contributed by atoms with Crippen molar-refractivity contribution in [2.75, 3.05) is 13.1 Å². The van der Waals surface area contributed by atoms with E-state index in [0.29, 0.717) is 17.6 Å². The number of primary amides is 1. The third-order valence-electron chi connectivity index (χ3n) is 5.50. The molecule has 2 amide bonds. The molecule has 0 aliphatic carbocycles. The highest BCUT2D eigenvalue weighted by Crippen LogP contribution is 2.29. The van der Waals surface area contributed by atoms with Gasteiger partial charge in [-0.15, -0.1) is 12.4 Å². The summed E-state index contributed by atoms with van der Waals surface area (Å²) in [7, 11) is 0. The lowest BCUT2D eigenvalue weighted by molar-refractivity contribution is 0.0198. The molecule has 0 saturated carbocycles. The first kappa shape index (κ1) is 23.6. The number of nitrogens with two attached hydrogens (primary N) is 1. The Kier molecular flexibility index (Phi) is 6.79. The van der Waals surface area contributed by atoms with Gasteiger partial charge in [0.25, 0.3) is 5.91 Å². The molecular weight excluding hydrogens is 428 g/mol. The van der Waals surface area contributed by atoms with Gasteiger partial charge in [0, 0.05) is 30.6 Å². The first-order valence-electron chi connectivity index (χ1n) is 10.6. The minimum absolute atomic E-state index is 0. The van der Waals surface area contributed by atoms with Crippen molar-refractivity contribution in [1.29, 1.82) is 0 Å². The molecule has 4 rings (SSSR count). The molecule has 2 aromatic carbocycles. The van der Waals surface area contributed by atoms with Gasteiger partial charge >= 0.3 is 6.09 Å². The van der Waals surface area contributed by atoms with Gasteiger partial charge in [0.1, 0.15) is 11.1 Å². The highest BCUT2D eigenvalue weighted by atomic mass is 35.5. The predicted octanol–water partition coefficient (Wildman–Crippen LogP) is 4.66. The van der Waals surface area contributed by atoms with Crippen LogP contribution in [0.2, 0.25) is 0 Å². The van der Waals surface area contributed by atoms with Crippen molar-refractivity contribution < 1.29 is 14.3 Å². The summed E-state index contributed by atoms with van der Waals surface area (Å²) < 4.78 is 7.29. The van der Waals surface area contributed by atoms with Crippen LogP contribution in [0.1, 0.15) is 55.5 Å². The summed E-state index contributed by atoms with van der Waals surface area (Å²) in [5, 5.41) is 5.42. The van der Waals surface area contributed by atoms with Crippen LogP contribution in [0.3, 0.4) is 0 Å². The van der Waals surface area contributed by atoms with Crippen LogP contribution >= 0.6 is 12.4 Å². The van der Waals surface area contributed by atoms with E-state index in [2.05, 4.69) is 17.2 Å². The highest BCUT2D eigenvalue weighted by molar-refractivity contribution is 6.04. The Bertz CT molecular complexity index is 1120. The summed E-state index contributed by atoms with van der Waals surface area (Å²) in [6.07, 6.45) is 3.63. The Morgan fingerprint density at radius 2 is 1.84 bits per heavy atom. The van der Waals surface area contributed by atoms with Gasteiger partial charge in [0.2, 0.25) is 0 Å². The van der Waals surface area contributed by atoms with E-state index < -0.39 is 11.5 Å². The predicted molar refractivity (Wildman–Crippen MR) is 127 cm³/mol. The third-order valence-corrected chi connectivity index (χ3v) is 5.50. The quantitative estimate of drug-likeness (QED) is 0.620. The van der Waals surface area contributed by atoms with Crippen LogP contribution in [0.4, 0.5) is 4.79 Å². The molecule has 0 unspecified atom stereocenters. The van der Waals surface area contributed by atoms with Crippen LogP contribution < -0.4 is 5.73 Å². The maximum absolute atomic E-state index is 12.4. The molecule has 1 aromatic heterocycles. The number of aromatic nitrogens is 2. The van der Waals surface area contributed by atoms with E-state index in [4.69, 9.17) is 10.5 Å². The van der Waals surface area contributed by atoms with Crippen LogP contribution in [0, 0.1) is 0 Å². The van der Waals surface area contributed by atoms with Crippen molar-refractivity contribution in [2.24, 2.45) is 5.73 Å². The monoisotopic (exact) mass is 456 g/mol. The number of halogens is 1. The number of piperidine rings is 1. The summed E-state index contributed by atoms with van der Waals surface area (Å²) in [5.74, 6) is -0.216. The average molecular weight is 457 g/mol. The zero-order valence-corrected chi connectivity index (χ0v) is 19.4. The SMILES string of the molecule is CC(C)(C)OC(=O)N1CCC[C@@H](c2ccc(-n3cc4cccc(C(N)=O)c4n3)cc2)C1.Cl. The minimum Gasteiger partial charge on any atom is -0.444 e. The number of ether oxygens (including phenoxy) is 1. The Labute approximate surface area is 193 Å². The van der Waals surface area contributed by atoms with Gasteiger partial charge in [-0.3, -0.25) is 4.79 Å². The minimum atomic E-state index is -0.493. The first-order chi connectivity index (χ1) is 14.7. The van der Waals surface area contributed by atoms with Crippen molar-refractivity contribution in [3.8, 4) is 5.69 Å². The van der Waals surface area contributed by atoms with Crippen molar-refractivity contribution in [2.45, 2.75) is 45.1 Å². The van der Waals surface area contributed by atoms with Gasteiger partial charge in [-0.05, 0) is 57.4 Å². The van der Waals surface area contributed by atoms with Gasteiger partial charge in [-0.1, -0.05) is 24.3 Å². The topological polar surface area (TPSA) is 90.5 Å². The number of nitrogens with zero attached hydrogens (tertiary/aromatic N) is 3. The van der Waals surface area contributed by atoms with E-state index in [-0.39, 0.29) is 24.4 Å². The molecule has 0 spiro atoms. The van der Waals surface area contributed by atoms with Gasteiger partial charge < -0.3 is 15.4 Å². The van der Waals surface area contributed by atoms with E-state index in [1.54, 1.807) is 21.7 Å². The van der Waals surface area contributed by atoms with Crippen LogP contribution in [0.25, 0.3) is 16.6 Å². The number of hydrogen-bond donors (Lipinski definition) is 1. The molecule has 0 bridgehead atoms. The van der Waals surface area contributed by atoms with Crippen LogP contribution in [0.15, 0.2) is 48.7 Å². The second kappa shape index (κ2) is 9.20. The molecule has 170 valence electrons. The molecule has 1 aliphatic rings. The summed E-state index contributed by atoms with van der Waals surface area (Å²) in [6, 6.07) is 13.6. The number of carbonyl (C=O) groups is 2. The lowest BCUT2D eigenvalue weighted by Crippen LogP contribution is -2.42. The van der Waals surface area contributed by atoms with Crippen LogP contribution in [0.5, 0.6) is 0 Å². The van der Waals surface area contributed by atoms with Crippen molar-refractivity contribution in [3.05, 3.63) is 59.8 Å². The fraction of sp³-hybridized carbons (Fsp3) is 0.375. The zero-order valence-electron chi connectivity index (χ0n) is 18.6. The Morgan fingerprint density at radius 1 is 1.12 bits per heavy atom. The molecule has 8 heteroatoms. The summed E-state index contributed by atoms with van der Waals surface area (Å²) in [4.78, 5) is 25.9. The number of benzene rings is 2. The number of amides is 2. The zero-order chi connectivity index (χ0) is 22.2. The first-order valence-corrected chi connectivity index (χ1v) is 10.6. The normalized spacial score (nSPS) is 16.5. The maximum atomic E-state index is 12.4. The van der Waals surface area contributed by atoms with Gasteiger partial charge in [0.05, 0.1) is 11.3 Å². The second-order valence-electron chi connectivity index (χ2n) is 9.04. The fourth-order valence-corrected chi connectivity index (χ4v) is 4.02. The molecule has 32 heavy (non-hydrogen) atoms. The Hall–Kier alpha value is -3.06. The number of hydrogen-bond acceptors (Lipinski definition) is 4. The molecule has 1 saturated heterocycles. The third kappa shape index (κ3) is 5.05. The lowest BCUT2D eigenvalue weighted by atomic mass is 9.91. The molecular formula is C24H29ClN4O3. The van der Waals surface area contributed by atoms with E-state index in [9.17, 15) is 9.59 Å². The lowest BCUT2D eigenvalue weighted by Gasteiger charge is -2.34. The van der Waals surface area contributed by atoms with Gasteiger partial charge in [-0.25, -0.2) is 9.48 Å². The van der Waals surface area contributed by atoms with Crippen LogP contribution in [-0.4, -0.2) is 45.4 Å². The molecule has 1 fully saturated rings. The second-order valence-corrected chi connectivity index (χ2v) is 9.04. The molecule has 1 aliphatic heterocycles. The van der Waals surface area contributed by atoms with E-state index in [1.165, 1.54) is 5.56 Å². The number of carbonyl (C=O) groups excluding carboxylic acids is 2. The average Bonchev–Trinajstić information content (AvgIpc) is 3.17. The van der Waals surface area contributed by atoms with Crippen molar-refractivity contribution >= 4 is 35.3 Å². The molecule has 7 nitrogen and oxygen atoms in total. The van der Waals surface area contributed by atoms with E-state index in [0.717, 1.165) is 30.5 Å². The number of likely N-dealkylation sites (tertiary alicyclic amines) is 1. The maximum Gasteiger partial charge on any atom is 0.410 e. The van der Waals surface area contributed by atoms with Crippen LogP contribution in [-0.2, 0) is 4.74 Å². The summed E-state index contributed by atoms with van der Waals surface area (Å²) in [5.41, 5.74) is 8.07. The van der Waals surface area contributed by atoms with Gasteiger partial charge in [0.15, 0.2) is 0 Å². The van der Waals surface area contributed by atoms with Crippen molar-refractivity contribution in [3.63, 3.8) is 0 Å². The Balaban J connectivity index is 0.00000289.